The van der Waals surface area contributed by atoms with E-state index >= 15 is 0 Å². The van der Waals surface area contributed by atoms with Gasteiger partial charge in [0.25, 0.3) is 0 Å². The predicted octanol–water partition coefficient (Wildman–Crippen LogP) is 3.13. The van der Waals surface area contributed by atoms with Gasteiger partial charge in [0.2, 0.25) is 4.74 Å². The summed E-state index contributed by atoms with van der Waals surface area (Å²) in [5.41, 5.74) is 0.914. The van der Waals surface area contributed by atoms with Crippen molar-refractivity contribution in [3.8, 4) is 11.5 Å². The summed E-state index contributed by atoms with van der Waals surface area (Å²) in [4.78, 5) is 12.0. The summed E-state index contributed by atoms with van der Waals surface area (Å²) in [6, 6.07) is 8.07. The molecule has 0 radical (unpaired) electrons. The van der Waals surface area contributed by atoms with Crippen LogP contribution in [0.2, 0.25) is 0 Å². The highest BCUT2D eigenvalue weighted by Gasteiger charge is 2.09. The molecule has 0 amide bonds. The van der Waals surface area contributed by atoms with Crippen molar-refractivity contribution >= 4 is 32.2 Å². The Bertz CT molecular complexity index is 834. The number of aryl methyl sites for hydroxylation is 1. The first kappa shape index (κ1) is 11.0. The summed E-state index contributed by atoms with van der Waals surface area (Å²) in [6.45, 7) is 1.89. The third kappa shape index (κ3) is 1.54. The van der Waals surface area contributed by atoms with E-state index in [9.17, 15) is 15.0 Å². The zero-order valence-electron chi connectivity index (χ0n) is 9.60. The number of hydrogen-bond acceptors (Lipinski definition) is 4. The Morgan fingerprint density at radius 1 is 1.00 bits per heavy atom. The van der Waals surface area contributed by atoms with Crippen LogP contribution in [0.25, 0.3) is 20.9 Å². The van der Waals surface area contributed by atoms with Crippen molar-refractivity contribution in [3.05, 3.63) is 45.4 Å². The maximum Gasteiger partial charge on any atom is 0.240 e. The highest BCUT2D eigenvalue weighted by atomic mass is 32.1. The summed E-state index contributed by atoms with van der Waals surface area (Å²) < 4.78 is 0.647. The Morgan fingerprint density at radius 2 is 1.78 bits per heavy atom. The molecule has 0 fully saturated rings. The summed E-state index contributed by atoms with van der Waals surface area (Å²) in [5.74, 6) is 0.247. The van der Waals surface area contributed by atoms with Gasteiger partial charge in [-0.25, -0.2) is 0 Å². The average Bonchev–Trinajstić information content (AvgIpc) is 2.29. The molecule has 0 spiro atoms. The number of aromatic hydroxyl groups is 2. The molecule has 0 bridgehead atoms. The van der Waals surface area contributed by atoms with Crippen LogP contribution in [0.5, 0.6) is 11.5 Å². The number of fused-ring (bicyclic) bond motifs is 3. The fourth-order valence-corrected chi connectivity index (χ4v) is 3.27. The number of phenols is 2. The molecule has 1 heterocycles. The molecule has 0 aliphatic rings. The molecule has 0 saturated carbocycles. The van der Waals surface area contributed by atoms with E-state index in [1.165, 1.54) is 6.07 Å². The van der Waals surface area contributed by atoms with E-state index in [0.717, 1.165) is 32.4 Å². The van der Waals surface area contributed by atoms with E-state index in [1.54, 1.807) is 24.3 Å². The van der Waals surface area contributed by atoms with E-state index in [4.69, 9.17) is 0 Å². The second kappa shape index (κ2) is 3.71. The number of rotatable bonds is 0. The molecule has 2 aromatic carbocycles. The van der Waals surface area contributed by atoms with Gasteiger partial charge >= 0.3 is 0 Å². The van der Waals surface area contributed by atoms with Gasteiger partial charge in [0.15, 0.2) is 0 Å². The van der Waals surface area contributed by atoms with Gasteiger partial charge in [0, 0.05) is 15.5 Å². The van der Waals surface area contributed by atoms with E-state index < -0.39 is 0 Å². The van der Waals surface area contributed by atoms with Crippen molar-refractivity contribution in [1.29, 1.82) is 0 Å². The lowest BCUT2D eigenvalue weighted by atomic mass is 10.0. The summed E-state index contributed by atoms with van der Waals surface area (Å²) in [7, 11) is 0. The molecule has 0 aliphatic heterocycles. The topological polar surface area (TPSA) is 57.5 Å². The maximum absolute atomic E-state index is 12.0. The van der Waals surface area contributed by atoms with E-state index in [1.807, 2.05) is 6.92 Å². The van der Waals surface area contributed by atoms with Crippen LogP contribution in [0.4, 0.5) is 0 Å². The van der Waals surface area contributed by atoms with Gasteiger partial charge in [-0.15, -0.1) is 0 Å². The predicted molar refractivity (Wildman–Crippen MR) is 73.7 cm³/mol. The molecule has 3 rings (SSSR count). The van der Waals surface area contributed by atoms with Crippen molar-refractivity contribution in [2.45, 2.75) is 6.92 Å². The van der Waals surface area contributed by atoms with E-state index in [2.05, 4.69) is 0 Å². The minimum Gasteiger partial charge on any atom is -0.508 e. The Balaban J connectivity index is 2.65. The van der Waals surface area contributed by atoms with Crippen LogP contribution in [0.1, 0.15) is 5.56 Å². The summed E-state index contributed by atoms with van der Waals surface area (Å²) >= 11 is 1.08. The smallest absolute Gasteiger partial charge is 0.240 e. The Hall–Kier alpha value is -2.07. The van der Waals surface area contributed by atoms with Crippen molar-refractivity contribution in [2.75, 3.05) is 0 Å². The molecular weight excluding hydrogens is 248 g/mol. The van der Waals surface area contributed by atoms with Gasteiger partial charge in [-0.1, -0.05) is 11.3 Å². The minimum absolute atomic E-state index is 0.0857. The standard InChI is InChI=1S/C14H10O3S/c1-7-4-9(16)6-12-13(7)10-3-2-8(15)5-11(10)14(17)18-12/h2-6,15-16H,1H3. The van der Waals surface area contributed by atoms with Crippen LogP contribution in [-0.2, 0) is 0 Å². The summed E-state index contributed by atoms with van der Waals surface area (Å²) in [5, 5.41) is 21.3. The average molecular weight is 258 g/mol. The van der Waals surface area contributed by atoms with Crippen molar-refractivity contribution in [3.63, 3.8) is 0 Å². The number of phenolic OH excluding ortho intramolecular Hbond substituents is 2. The van der Waals surface area contributed by atoms with Crippen LogP contribution in [0.3, 0.4) is 0 Å². The molecule has 90 valence electrons. The molecule has 3 aromatic rings. The molecule has 0 aliphatic carbocycles. The first-order valence-electron chi connectivity index (χ1n) is 5.45. The fourth-order valence-electron chi connectivity index (χ4n) is 2.24. The van der Waals surface area contributed by atoms with Gasteiger partial charge in [-0.05, 0) is 48.2 Å². The third-order valence-corrected chi connectivity index (χ3v) is 3.93. The molecule has 0 saturated heterocycles. The fraction of sp³-hybridized carbons (Fsp3) is 0.0714. The Labute approximate surface area is 107 Å². The van der Waals surface area contributed by atoms with Gasteiger partial charge in [0.05, 0.1) is 0 Å². The zero-order chi connectivity index (χ0) is 12.9. The molecule has 0 unspecified atom stereocenters. The number of hydrogen-bond donors (Lipinski definition) is 2. The van der Waals surface area contributed by atoms with Crippen molar-refractivity contribution in [1.82, 2.24) is 0 Å². The van der Waals surface area contributed by atoms with Crippen LogP contribution in [0, 0.1) is 6.92 Å². The molecule has 2 N–H and O–H groups in total. The molecule has 4 heteroatoms. The normalized spacial score (nSPS) is 11.2. The van der Waals surface area contributed by atoms with Crippen molar-refractivity contribution in [2.24, 2.45) is 0 Å². The maximum atomic E-state index is 12.0. The molecule has 18 heavy (non-hydrogen) atoms. The van der Waals surface area contributed by atoms with Gasteiger partial charge in [-0.2, -0.15) is 0 Å². The van der Waals surface area contributed by atoms with E-state index in [-0.39, 0.29) is 16.2 Å². The lowest BCUT2D eigenvalue weighted by Gasteiger charge is -2.07. The van der Waals surface area contributed by atoms with Crippen LogP contribution >= 0.6 is 11.3 Å². The largest absolute Gasteiger partial charge is 0.508 e. The zero-order valence-corrected chi connectivity index (χ0v) is 10.4. The first-order valence-corrected chi connectivity index (χ1v) is 6.27. The molecule has 0 atom stereocenters. The molecule has 1 aromatic heterocycles. The second-order valence-electron chi connectivity index (χ2n) is 4.26. The van der Waals surface area contributed by atoms with Crippen LogP contribution < -0.4 is 4.74 Å². The quantitative estimate of drug-likeness (QED) is 0.609. The monoisotopic (exact) mass is 258 g/mol. The van der Waals surface area contributed by atoms with Crippen LogP contribution in [-0.4, -0.2) is 10.2 Å². The molecule has 3 nitrogen and oxygen atoms in total. The minimum atomic E-state index is -0.113. The number of benzene rings is 2. The van der Waals surface area contributed by atoms with E-state index in [0.29, 0.717) is 5.39 Å². The molecular formula is C14H10O3S. The SMILES string of the molecule is Cc1cc(O)cc2sc(=O)c3cc(O)ccc3c12. The van der Waals surface area contributed by atoms with Crippen LogP contribution in [0.15, 0.2) is 35.1 Å². The lowest BCUT2D eigenvalue weighted by molar-refractivity contribution is 0.475. The van der Waals surface area contributed by atoms with Gasteiger partial charge in [-0.3, -0.25) is 4.79 Å². The Morgan fingerprint density at radius 3 is 2.56 bits per heavy atom. The second-order valence-corrected chi connectivity index (χ2v) is 5.27. The Kier molecular flexibility index (Phi) is 2.28. The highest BCUT2D eigenvalue weighted by molar-refractivity contribution is 7.17. The first-order chi connectivity index (χ1) is 8.56. The third-order valence-electron chi connectivity index (χ3n) is 2.98. The van der Waals surface area contributed by atoms with Gasteiger partial charge < -0.3 is 10.2 Å². The van der Waals surface area contributed by atoms with Gasteiger partial charge in [0.1, 0.15) is 11.5 Å². The highest BCUT2D eigenvalue weighted by Crippen LogP contribution is 2.32. The summed E-state index contributed by atoms with van der Waals surface area (Å²) in [6.07, 6.45) is 0. The van der Waals surface area contributed by atoms with Crippen molar-refractivity contribution < 1.29 is 10.2 Å². The lowest BCUT2D eigenvalue weighted by Crippen LogP contribution is -1.96.